The van der Waals surface area contributed by atoms with Gasteiger partial charge in [0.05, 0.1) is 6.61 Å². The molecular weight excluding hydrogens is 289 g/mol. The highest BCUT2D eigenvalue weighted by atomic mass is 35.5. The highest BCUT2D eigenvalue weighted by Gasteiger charge is 2.13. The minimum atomic E-state index is -0.270. The molecule has 0 aliphatic heterocycles. The lowest BCUT2D eigenvalue weighted by Gasteiger charge is -2.18. The summed E-state index contributed by atoms with van der Waals surface area (Å²) in [7, 11) is 1.87. The minimum Gasteiger partial charge on any atom is -0.494 e. The molecule has 0 aromatic heterocycles. The number of likely N-dealkylation sites (N-methyl/N-ethyl adjacent to an activating group) is 1. The Kier molecular flexibility index (Phi) is 5.59. The fraction of sp³-hybridized carbons (Fsp3) is 0.294. The number of ether oxygens (including phenoxy) is 1. The van der Waals surface area contributed by atoms with E-state index in [1.807, 2.05) is 38.2 Å². The third-order valence-electron chi connectivity index (χ3n) is 3.38. The lowest BCUT2D eigenvalue weighted by atomic mass is 9.98. The van der Waals surface area contributed by atoms with Gasteiger partial charge < -0.3 is 10.1 Å². The molecule has 0 saturated heterocycles. The van der Waals surface area contributed by atoms with Gasteiger partial charge in [-0.2, -0.15) is 0 Å². The number of hydrogen-bond acceptors (Lipinski definition) is 2. The van der Waals surface area contributed by atoms with Gasteiger partial charge in [0, 0.05) is 11.1 Å². The van der Waals surface area contributed by atoms with E-state index in [9.17, 15) is 4.39 Å². The number of rotatable bonds is 6. The summed E-state index contributed by atoms with van der Waals surface area (Å²) in [6.07, 6.45) is 0.563. The maximum absolute atomic E-state index is 13.9. The van der Waals surface area contributed by atoms with Gasteiger partial charge in [-0.05, 0) is 55.8 Å². The van der Waals surface area contributed by atoms with Gasteiger partial charge in [0.2, 0.25) is 0 Å². The summed E-state index contributed by atoms with van der Waals surface area (Å²) in [5, 5.41) is 3.63. The van der Waals surface area contributed by atoms with Gasteiger partial charge in [0.25, 0.3) is 0 Å². The first kappa shape index (κ1) is 15.8. The van der Waals surface area contributed by atoms with Crippen LogP contribution in [0.4, 0.5) is 4.39 Å². The van der Waals surface area contributed by atoms with Crippen molar-refractivity contribution < 1.29 is 9.13 Å². The van der Waals surface area contributed by atoms with Crippen molar-refractivity contribution in [2.75, 3.05) is 13.7 Å². The van der Waals surface area contributed by atoms with Crippen LogP contribution < -0.4 is 10.1 Å². The molecule has 21 heavy (non-hydrogen) atoms. The Balaban J connectivity index is 2.15. The Morgan fingerprint density at radius 3 is 2.48 bits per heavy atom. The largest absolute Gasteiger partial charge is 0.494 e. The first-order chi connectivity index (χ1) is 10.1. The second-order valence-electron chi connectivity index (χ2n) is 4.78. The third kappa shape index (κ3) is 4.19. The van der Waals surface area contributed by atoms with E-state index in [0.29, 0.717) is 23.6 Å². The van der Waals surface area contributed by atoms with Crippen molar-refractivity contribution >= 4 is 11.6 Å². The zero-order chi connectivity index (χ0) is 15.2. The second-order valence-corrected chi connectivity index (χ2v) is 5.22. The Labute approximate surface area is 129 Å². The lowest BCUT2D eigenvalue weighted by Crippen LogP contribution is -2.19. The zero-order valence-corrected chi connectivity index (χ0v) is 13.0. The monoisotopic (exact) mass is 307 g/mol. The quantitative estimate of drug-likeness (QED) is 0.855. The molecule has 0 bridgehead atoms. The molecule has 0 radical (unpaired) electrons. The van der Waals surface area contributed by atoms with Gasteiger partial charge >= 0.3 is 0 Å². The fourth-order valence-corrected chi connectivity index (χ4v) is 2.42. The molecule has 2 nitrogen and oxygen atoms in total. The Bertz CT molecular complexity index is 586. The van der Waals surface area contributed by atoms with Crippen molar-refractivity contribution in [2.45, 2.75) is 19.4 Å². The van der Waals surface area contributed by atoms with Crippen molar-refractivity contribution in [3.8, 4) is 5.75 Å². The van der Waals surface area contributed by atoms with Crippen LogP contribution in [-0.4, -0.2) is 13.7 Å². The summed E-state index contributed by atoms with van der Waals surface area (Å²) >= 11 is 5.78. The van der Waals surface area contributed by atoms with Gasteiger partial charge in [-0.15, -0.1) is 0 Å². The molecule has 0 spiro atoms. The zero-order valence-electron chi connectivity index (χ0n) is 12.2. The maximum Gasteiger partial charge on any atom is 0.127 e. The fourth-order valence-electron chi connectivity index (χ4n) is 2.26. The summed E-state index contributed by atoms with van der Waals surface area (Å²) in [6.45, 7) is 2.60. The van der Waals surface area contributed by atoms with Crippen LogP contribution in [0.25, 0.3) is 0 Å². The summed E-state index contributed by atoms with van der Waals surface area (Å²) in [5.74, 6) is 0.572. The molecule has 2 rings (SSSR count). The van der Waals surface area contributed by atoms with E-state index in [-0.39, 0.29) is 11.9 Å². The van der Waals surface area contributed by atoms with Crippen molar-refractivity contribution in [1.82, 2.24) is 5.32 Å². The van der Waals surface area contributed by atoms with Crippen LogP contribution in [0, 0.1) is 5.82 Å². The Morgan fingerprint density at radius 2 is 1.90 bits per heavy atom. The number of hydrogen-bond donors (Lipinski definition) is 1. The van der Waals surface area contributed by atoms with E-state index in [0.717, 1.165) is 11.3 Å². The van der Waals surface area contributed by atoms with Crippen LogP contribution in [0.2, 0.25) is 5.02 Å². The molecule has 0 fully saturated rings. The van der Waals surface area contributed by atoms with Crippen LogP contribution in [0.3, 0.4) is 0 Å². The molecule has 2 aromatic carbocycles. The van der Waals surface area contributed by atoms with E-state index in [1.165, 1.54) is 6.07 Å². The van der Waals surface area contributed by atoms with Crippen LogP contribution in [-0.2, 0) is 6.42 Å². The Morgan fingerprint density at radius 1 is 1.19 bits per heavy atom. The van der Waals surface area contributed by atoms with Gasteiger partial charge in [-0.1, -0.05) is 29.8 Å². The molecule has 4 heteroatoms. The standard InChI is InChI=1S/C17H19ClFNO/c1-3-21-15-8-5-12(6-9-15)17(20-2)10-13-4-7-14(18)11-16(13)19/h4-9,11,17,20H,3,10H2,1-2H3. The van der Waals surface area contributed by atoms with Crippen LogP contribution in [0.5, 0.6) is 5.75 Å². The van der Waals surface area contributed by atoms with Crippen molar-refractivity contribution in [2.24, 2.45) is 0 Å². The molecule has 2 aromatic rings. The third-order valence-corrected chi connectivity index (χ3v) is 3.62. The topological polar surface area (TPSA) is 21.3 Å². The van der Waals surface area contributed by atoms with Crippen molar-refractivity contribution in [1.29, 1.82) is 0 Å². The van der Waals surface area contributed by atoms with Crippen LogP contribution in [0.1, 0.15) is 24.1 Å². The lowest BCUT2D eigenvalue weighted by molar-refractivity contribution is 0.340. The highest BCUT2D eigenvalue weighted by molar-refractivity contribution is 6.30. The van der Waals surface area contributed by atoms with Gasteiger partial charge in [0.15, 0.2) is 0 Å². The van der Waals surface area contributed by atoms with E-state index < -0.39 is 0 Å². The summed E-state index contributed by atoms with van der Waals surface area (Å²) in [6, 6.07) is 12.7. The molecule has 0 saturated carbocycles. The molecule has 112 valence electrons. The molecule has 0 aliphatic carbocycles. The molecule has 1 N–H and O–H groups in total. The average molecular weight is 308 g/mol. The van der Waals surface area contributed by atoms with Crippen molar-refractivity contribution in [3.05, 3.63) is 64.4 Å². The minimum absolute atomic E-state index is 0.0383. The van der Waals surface area contributed by atoms with Gasteiger partial charge in [0.1, 0.15) is 11.6 Å². The number of benzene rings is 2. The summed E-state index contributed by atoms with van der Waals surface area (Å²) < 4.78 is 19.3. The highest BCUT2D eigenvalue weighted by Crippen LogP contribution is 2.23. The first-order valence-corrected chi connectivity index (χ1v) is 7.35. The number of halogens is 2. The molecular formula is C17H19ClFNO. The van der Waals surface area contributed by atoms with Crippen LogP contribution >= 0.6 is 11.6 Å². The molecule has 1 atom stereocenters. The Hall–Kier alpha value is -1.58. The van der Waals surface area contributed by atoms with E-state index in [1.54, 1.807) is 12.1 Å². The van der Waals surface area contributed by atoms with Crippen molar-refractivity contribution in [3.63, 3.8) is 0 Å². The van der Waals surface area contributed by atoms with E-state index in [4.69, 9.17) is 16.3 Å². The second kappa shape index (κ2) is 7.43. The average Bonchev–Trinajstić information content (AvgIpc) is 2.48. The SMILES string of the molecule is CCOc1ccc(C(Cc2ccc(Cl)cc2F)NC)cc1. The summed E-state index contributed by atoms with van der Waals surface area (Å²) in [5.41, 5.74) is 1.74. The normalized spacial score (nSPS) is 12.2. The van der Waals surface area contributed by atoms with E-state index >= 15 is 0 Å². The summed E-state index contributed by atoms with van der Waals surface area (Å²) in [4.78, 5) is 0. The first-order valence-electron chi connectivity index (χ1n) is 6.98. The smallest absolute Gasteiger partial charge is 0.127 e. The van der Waals surface area contributed by atoms with Crippen LogP contribution in [0.15, 0.2) is 42.5 Å². The molecule has 0 heterocycles. The molecule has 0 amide bonds. The maximum atomic E-state index is 13.9. The molecule has 0 aliphatic rings. The van der Waals surface area contributed by atoms with E-state index in [2.05, 4.69) is 5.32 Å². The van der Waals surface area contributed by atoms with Gasteiger partial charge in [-0.3, -0.25) is 0 Å². The predicted octanol–water partition coefficient (Wildman–Crippen LogP) is 4.38. The molecule has 1 unspecified atom stereocenters. The predicted molar refractivity (Wildman–Crippen MR) is 84.5 cm³/mol. The van der Waals surface area contributed by atoms with Gasteiger partial charge in [-0.25, -0.2) is 4.39 Å². The number of nitrogens with one attached hydrogen (secondary N) is 1.